The summed E-state index contributed by atoms with van der Waals surface area (Å²) < 4.78 is 37.3. The number of thiophene rings is 1. The minimum atomic E-state index is -0.353. The number of hydrogen-bond acceptors (Lipinski definition) is 13. The number of fused-ring (bicyclic) bond motifs is 1. The highest BCUT2D eigenvalue weighted by molar-refractivity contribution is 7.16. The SMILES string of the molecule is CCCCCCCCOc1ccc(N(c2ccc(OCCCCCCCC)cc2)c2ccc(-c3c(OCCCCCCCC)c(OCCCCCCCC)c(-c4ccc(/C=c5\sc(=C(C#N)C#N)[nH]c5=O)s4)c4nsnc34)cc2)cc1. The zero-order chi connectivity index (χ0) is 56.9. The second kappa shape index (κ2) is 34.7. The summed E-state index contributed by atoms with van der Waals surface area (Å²) in [6.45, 7) is 11.4. The van der Waals surface area contributed by atoms with Crippen LogP contribution in [0.3, 0.4) is 0 Å². The molecular weight excluding hydrogens is 1060 g/mol. The topological polar surface area (TPSA) is 146 Å². The van der Waals surface area contributed by atoms with Gasteiger partial charge in [-0.25, -0.2) is 0 Å². The third-order valence-corrected chi connectivity index (χ3v) is 17.1. The van der Waals surface area contributed by atoms with E-state index in [4.69, 9.17) is 27.7 Å². The van der Waals surface area contributed by atoms with Crippen molar-refractivity contribution in [3.8, 4) is 56.7 Å². The number of nitriles is 2. The normalized spacial score (nSPS) is 11.5. The minimum Gasteiger partial charge on any atom is -0.494 e. The third kappa shape index (κ3) is 18.5. The second-order valence-corrected chi connectivity index (χ2v) is 23.6. The Balaban J connectivity index is 1.27. The number of benzene rings is 4. The Kier molecular flexibility index (Phi) is 26.7. The molecule has 0 spiro atoms. The number of aromatic nitrogens is 3. The van der Waals surface area contributed by atoms with Crippen molar-refractivity contribution in [3.63, 3.8) is 0 Å². The standard InChI is InChI=1S/C67H84N6O5S3/c1-5-9-13-17-21-25-43-75-55-37-33-53(34-38-55)73(54-35-39-56(40-36-54)76-44-26-22-18-14-10-6-2)52-31-29-50(30-32-52)60-62-63(72-81-71-62)61(58-42-41-57(79-58)47-59-66(74)70-67(80-59)51(48-68)49-69)65(78-46-28-24-20-16-12-8-4)64(60)77-45-27-23-19-15-11-7-3/h29-42,47H,5-28,43-46H2,1-4H3,(H,70,74)/b59-47-. The summed E-state index contributed by atoms with van der Waals surface area (Å²) >= 11 is 3.78. The van der Waals surface area contributed by atoms with Gasteiger partial charge in [0.2, 0.25) is 0 Å². The molecule has 11 nitrogen and oxygen atoms in total. The van der Waals surface area contributed by atoms with Gasteiger partial charge in [0.15, 0.2) is 17.1 Å². The van der Waals surface area contributed by atoms with Crippen molar-refractivity contribution in [1.82, 2.24) is 13.7 Å². The van der Waals surface area contributed by atoms with Gasteiger partial charge in [-0.3, -0.25) is 4.79 Å². The lowest BCUT2D eigenvalue weighted by molar-refractivity contribution is 0.260. The average molecular weight is 1150 g/mol. The van der Waals surface area contributed by atoms with E-state index in [0.717, 1.165) is 129 Å². The van der Waals surface area contributed by atoms with E-state index in [9.17, 15) is 15.3 Å². The molecule has 81 heavy (non-hydrogen) atoms. The maximum Gasteiger partial charge on any atom is 0.266 e. The second-order valence-electron chi connectivity index (χ2n) is 20.9. The fraction of sp³-hybridized carbons (Fsp3) is 0.478. The minimum absolute atomic E-state index is 0.126. The van der Waals surface area contributed by atoms with Crippen LogP contribution < -0.4 is 38.6 Å². The Labute approximate surface area is 493 Å². The van der Waals surface area contributed by atoms with E-state index in [1.165, 1.54) is 126 Å². The van der Waals surface area contributed by atoms with Crippen molar-refractivity contribution in [1.29, 1.82) is 10.5 Å². The number of thiazole rings is 1. The van der Waals surface area contributed by atoms with Gasteiger partial charge < -0.3 is 28.8 Å². The zero-order valence-electron chi connectivity index (χ0n) is 48.5. The molecule has 0 unspecified atom stereocenters. The number of anilines is 3. The number of unbranched alkanes of at least 4 members (excludes halogenated alkanes) is 20. The maximum atomic E-state index is 13.1. The zero-order valence-corrected chi connectivity index (χ0v) is 50.9. The van der Waals surface area contributed by atoms with E-state index in [1.54, 1.807) is 6.08 Å². The molecule has 1 N–H and O–H groups in total. The van der Waals surface area contributed by atoms with Crippen LogP contribution in [0.5, 0.6) is 23.0 Å². The van der Waals surface area contributed by atoms with Gasteiger partial charge in [0.05, 0.1) is 53.8 Å². The summed E-state index contributed by atoms with van der Waals surface area (Å²) in [6, 6.07) is 33.3. The molecule has 0 radical (unpaired) electrons. The third-order valence-electron chi connectivity index (χ3n) is 14.5. The molecule has 0 amide bonds. The molecule has 430 valence electrons. The molecule has 0 bridgehead atoms. The summed E-state index contributed by atoms with van der Waals surface area (Å²) in [4.78, 5) is 19.8. The maximum absolute atomic E-state index is 13.1. The molecule has 3 heterocycles. The summed E-state index contributed by atoms with van der Waals surface area (Å²) in [7, 11) is 0. The number of ether oxygens (including phenoxy) is 4. The van der Waals surface area contributed by atoms with Gasteiger partial charge in [0, 0.05) is 26.8 Å². The number of rotatable bonds is 38. The number of nitrogens with zero attached hydrogens (tertiary/aromatic N) is 5. The van der Waals surface area contributed by atoms with Crippen molar-refractivity contribution < 1.29 is 18.9 Å². The van der Waals surface area contributed by atoms with Crippen LogP contribution in [0.25, 0.3) is 44.3 Å². The molecule has 14 heteroatoms. The van der Waals surface area contributed by atoms with E-state index in [1.807, 2.05) is 24.3 Å². The summed E-state index contributed by atoms with van der Waals surface area (Å²) in [5.74, 6) is 3.02. The van der Waals surface area contributed by atoms with E-state index in [-0.39, 0.29) is 15.8 Å². The lowest BCUT2D eigenvalue weighted by Gasteiger charge is -2.26. The van der Waals surface area contributed by atoms with Crippen molar-refractivity contribution in [2.45, 2.75) is 182 Å². The van der Waals surface area contributed by atoms with Crippen molar-refractivity contribution in [2.24, 2.45) is 0 Å². The smallest absolute Gasteiger partial charge is 0.266 e. The fourth-order valence-electron chi connectivity index (χ4n) is 9.97. The summed E-state index contributed by atoms with van der Waals surface area (Å²) in [5.41, 5.74) is 6.53. The first-order valence-electron chi connectivity index (χ1n) is 30.2. The first-order chi connectivity index (χ1) is 39.9. The van der Waals surface area contributed by atoms with E-state index in [2.05, 4.69) is 110 Å². The highest BCUT2D eigenvalue weighted by Crippen LogP contribution is 2.52. The van der Waals surface area contributed by atoms with Gasteiger partial charge in [-0.2, -0.15) is 19.3 Å². The highest BCUT2D eigenvalue weighted by Gasteiger charge is 2.28. The van der Waals surface area contributed by atoms with Crippen LogP contribution >= 0.6 is 34.4 Å². The van der Waals surface area contributed by atoms with Gasteiger partial charge >= 0.3 is 0 Å². The van der Waals surface area contributed by atoms with Gasteiger partial charge in [-0.05, 0) is 110 Å². The first-order valence-corrected chi connectivity index (χ1v) is 32.6. The molecule has 7 aromatic rings. The number of aromatic amines is 1. The van der Waals surface area contributed by atoms with Crippen molar-refractivity contribution in [2.75, 3.05) is 31.3 Å². The van der Waals surface area contributed by atoms with Crippen LogP contribution in [0.15, 0.2) is 89.7 Å². The van der Waals surface area contributed by atoms with Crippen molar-refractivity contribution in [3.05, 3.63) is 109 Å². The first kappa shape index (κ1) is 62.2. The number of nitrogens with one attached hydrogen (secondary N) is 1. The molecule has 0 aliphatic heterocycles. The Bertz CT molecular complexity index is 3160. The molecule has 3 aromatic heterocycles. The molecule has 0 aliphatic rings. The fourth-order valence-corrected chi connectivity index (χ4v) is 12.5. The van der Waals surface area contributed by atoms with E-state index in [0.29, 0.717) is 42.5 Å². The monoisotopic (exact) mass is 1150 g/mol. The lowest BCUT2D eigenvalue weighted by Crippen LogP contribution is -2.19. The molecule has 0 aliphatic carbocycles. The molecule has 7 rings (SSSR count). The molecule has 4 aromatic carbocycles. The highest BCUT2D eigenvalue weighted by atomic mass is 32.1. The largest absolute Gasteiger partial charge is 0.494 e. The Morgan fingerprint density at radius 3 is 1.37 bits per heavy atom. The van der Waals surface area contributed by atoms with Gasteiger partial charge in [-0.1, -0.05) is 168 Å². The van der Waals surface area contributed by atoms with Crippen LogP contribution in [0.2, 0.25) is 0 Å². The van der Waals surface area contributed by atoms with Gasteiger partial charge in [-0.15, -0.1) is 22.7 Å². The predicted octanol–water partition coefficient (Wildman–Crippen LogP) is 18.3. The summed E-state index contributed by atoms with van der Waals surface area (Å²) in [5, 5.41) is 19.0. The van der Waals surface area contributed by atoms with Crippen LogP contribution in [0.1, 0.15) is 187 Å². The average Bonchev–Trinajstić information content (AvgIpc) is 4.46. The van der Waals surface area contributed by atoms with E-state index < -0.39 is 0 Å². The Hall–Kier alpha value is -6.45. The lowest BCUT2D eigenvalue weighted by atomic mass is 9.97. The molecule has 0 atom stereocenters. The quantitative estimate of drug-likeness (QED) is 0.0371. The number of hydrogen-bond donors (Lipinski definition) is 1. The van der Waals surface area contributed by atoms with Crippen LogP contribution in [-0.2, 0) is 0 Å². The molecule has 0 saturated heterocycles. The van der Waals surface area contributed by atoms with Gasteiger partial charge in [0.1, 0.15) is 39.3 Å². The molecule has 0 fully saturated rings. The Morgan fingerprint density at radius 2 is 0.914 bits per heavy atom. The molecular formula is C67H84N6O5S3. The van der Waals surface area contributed by atoms with Crippen molar-refractivity contribution >= 4 is 74.1 Å². The van der Waals surface area contributed by atoms with E-state index >= 15 is 0 Å². The van der Waals surface area contributed by atoms with Gasteiger partial charge in [0.25, 0.3) is 5.56 Å². The van der Waals surface area contributed by atoms with Crippen LogP contribution in [0.4, 0.5) is 17.1 Å². The van der Waals surface area contributed by atoms with Crippen LogP contribution in [0, 0.1) is 22.7 Å². The van der Waals surface area contributed by atoms with Crippen LogP contribution in [-0.4, -0.2) is 40.2 Å². The Morgan fingerprint density at radius 1 is 0.506 bits per heavy atom. The predicted molar refractivity (Wildman–Crippen MR) is 339 cm³/mol. The number of H-pyrrole nitrogens is 1. The summed E-state index contributed by atoms with van der Waals surface area (Å²) in [6.07, 6.45) is 29.9. The molecule has 0 saturated carbocycles.